The van der Waals surface area contributed by atoms with E-state index in [1.807, 2.05) is 53.9 Å². The molecule has 9 heteroatoms. The van der Waals surface area contributed by atoms with Crippen LogP contribution in [-0.2, 0) is 19.1 Å². The molecule has 1 aromatic heterocycles. The molecule has 0 aliphatic carbocycles. The van der Waals surface area contributed by atoms with Crippen molar-refractivity contribution in [3.63, 3.8) is 0 Å². The number of para-hydroxylation sites is 1. The lowest BCUT2D eigenvalue weighted by atomic mass is 9.75. The Labute approximate surface area is 213 Å². The molecule has 0 saturated carbocycles. The summed E-state index contributed by atoms with van der Waals surface area (Å²) in [6, 6.07) is 15.2. The number of nitrogens with one attached hydrogen (secondary N) is 1. The first-order chi connectivity index (χ1) is 17.4. The van der Waals surface area contributed by atoms with Crippen molar-refractivity contribution in [3.05, 3.63) is 70.7 Å². The number of hydrogen-bond donors (Lipinski definition) is 1. The van der Waals surface area contributed by atoms with E-state index in [2.05, 4.69) is 10.3 Å². The van der Waals surface area contributed by atoms with Crippen LogP contribution in [0.3, 0.4) is 0 Å². The molecule has 186 valence electrons. The number of benzene rings is 2. The van der Waals surface area contributed by atoms with Crippen LogP contribution in [0.1, 0.15) is 25.3 Å². The number of aliphatic imine (C=N–C) groups is 1. The molecule has 1 aliphatic heterocycles. The molecule has 4 rings (SSSR count). The predicted molar refractivity (Wildman–Crippen MR) is 140 cm³/mol. The lowest BCUT2D eigenvalue weighted by Crippen LogP contribution is -2.36. The second kappa shape index (κ2) is 10.7. The average molecular weight is 506 g/mol. The molecule has 2 heterocycles. The second-order valence-electron chi connectivity index (χ2n) is 8.20. The van der Waals surface area contributed by atoms with Crippen LogP contribution >= 0.6 is 11.3 Å². The van der Waals surface area contributed by atoms with Gasteiger partial charge in [0.25, 0.3) is 0 Å². The van der Waals surface area contributed by atoms with Gasteiger partial charge in [0.2, 0.25) is 0 Å². The van der Waals surface area contributed by atoms with Crippen molar-refractivity contribution in [2.75, 3.05) is 26.6 Å². The van der Waals surface area contributed by atoms with Crippen LogP contribution in [-0.4, -0.2) is 44.0 Å². The van der Waals surface area contributed by atoms with E-state index in [9.17, 15) is 9.59 Å². The van der Waals surface area contributed by atoms with Crippen LogP contribution in [0.4, 0.5) is 10.8 Å². The van der Waals surface area contributed by atoms with E-state index in [4.69, 9.17) is 19.2 Å². The van der Waals surface area contributed by atoms with Gasteiger partial charge >= 0.3 is 11.9 Å². The monoisotopic (exact) mass is 505 g/mol. The van der Waals surface area contributed by atoms with Gasteiger partial charge in [-0.3, -0.25) is 9.79 Å². The van der Waals surface area contributed by atoms with Crippen molar-refractivity contribution in [2.45, 2.75) is 19.8 Å². The maximum atomic E-state index is 12.9. The third-order valence-corrected chi connectivity index (χ3v) is 6.87. The van der Waals surface area contributed by atoms with Crippen LogP contribution in [0.5, 0.6) is 5.75 Å². The lowest BCUT2D eigenvalue weighted by molar-refractivity contribution is -0.143. The number of ether oxygens (including phenoxy) is 3. The summed E-state index contributed by atoms with van der Waals surface area (Å²) in [7, 11) is 4.28. The van der Waals surface area contributed by atoms with Crippen molar-refractivity contribution in [2.24, 2.45) is 10.9 Å². The number of hydrogen-bond acceptors (Lipinski definition) is 9. The number of esters is 2. The Morgan fingerprint density at radius 1 is 0.972 bits per heavy atom. The average Bonchev–Trinajstić information content (AvgIpc) is 3.36. The number of thiazole rings is 1. The van der Waals surface area contributed by atoms with Gasteiger partial charge in [-0.05, 0) is 49.7 Å². The largest absolute Gasteiger partial charge is 0.497 e. The Morgan fingerprint density at radius 2 is 1.69 bits per heavy atom. The van der Waals surface area contributed by atoms with Crippen molar-refractivity contribution < 1.29 is 23.8 Å². The number of nitrogens with zero attached hydrogens (tertiary/aromatic N) is 2. The molecule has 0 amide bonds. The van der Waals surface area contributed by atoms with E-state index in [0.29, 0.717) is 22.1 Å². The molecular weight excluding hydrogens is 478 g/mol. The molecule has 2 aromatic carbocycles. The summed E-state index contributed by atoms with van der Waals surface area (Å²) in [5, 5.41) is 6.02. The first-order valence-electron chi connectivity index (χ1n) is 11.3. The summed E-state index contributed by atoms with van der Waals surface area (Å²) >= 11 is 1.46. The summed E-state index contributed by atoms with van der Waals surface area (Å²) in [5.41, 5.74) is 4.65. The standard InChI is InChI=1S/C27H27N3O5S/c1-15-22(25(31)34-4)24(23(16(2)28-15)26(32)35-5)19-8-6-7-9-20(19)29-27-30-21(14-36-27)17-10-12-18(33-3)13-11-17/h6-14,22,24H,1-5H3,(H,29,30). The molecule has 2 unspecified atom stereocenters. The number of carbonyl (C=O) groups is 2. The van der Waals surface area contributed by atoms with E-state index in [1.165, 1.54) is 25.6 Å². The fraction of sp³-hybridized carbons (Fsp3) is 0.259. The maximum absolute atomic E-state index is 12.9. The second-order valence-corrected chi connectivity index (χ2v) is 9.06. The number of carbonyl (C=O) groups excluding carboxylic acids is 2. The highest BCUT2D eigenvalue weighted by atomic mass is 32.1. The summed E-state index contributed by atoms with van der Waals surface area (Å²) in [5.74, 6) is -1.65. The molecule has 2 atom stereocenters. The Bertz CT molecular complexity index is 1340. The quantitative estimate of drug-likeness (QED) is 0.432. The molecule has 0 saturated heterocycles. The number of aromatic nitrogens is 1. The Morgan fingerprint density at radius 3 is 2.36 bits per heavy atom. The summed E-state index contributed by atoms with van der Waals surface area (Å²) < 4.78 is 15.4. The van der Waals surface area contributed by atoms with Gasteiger partial charge in [0.05, 0.1) is 32.6 Å². The summed E-state index contributed by atoms with van der Waals surface area (Å²) in [6.07, 6.45) is 0. The van der Waals surface area contributed by atoms with Gasteiger partial charge in [-0.15, -0.1) is 11.3 Å². The molecule has 0 spiro atoms. The highest BCUT2D eigenvalue weighted by Crippen LogP contribution is 2.43. The van der Waals surface area contributed by atoms with Gasteiger partial charge in [-0.25, -0.2) is 9.78 Å². The third kappa shape index (κ3) is 4.87. The van der Waals surface area contributed by atoms with Gasteiger partial charge in [-0.2, -0.15) is 0 Å². The summed E-state index contributed by atoms with van der Waals surface area (Å²) in [6.45, 7) is 3.51. The fourth-order valence-corrected chi connectivity index (χ4v) is 5.14. The van der Waals surface area contributed by atoms with Gasteiger partial charge in [0.15, 0.2) is 5.13 Å². The van der Waals surface area contributed by atoms with Gasteiger partial charge < -0.3 is 19.5 Å². The normalized spacial score (nSPS) is 17.3. The minimum atomic E-state index is -0.776. The Hall–Kier alpha value is -3.98. The number of allylic oxidation sites excluding steroid dienone is 1. The van der Waals surface area contributed by atoms with E-state index in [-0.39, 0.29) is 0 Å². The molecule has 1 aliphatic rings. The van der Waals surface area contributed by atoms with E-state index in [1.54, 1.807) is 21.0 Å². The molecular formula is C27H27N3O5S. The van der Waals surface area contributed by atoms with Crippen LogP contribution in [0.25, 0.3) is 11.3 Å². The third-order valence-electron chi connectivity index (χ3n) is 6.12. The smallest absolute Gasteiger partial charge is 0.336 e. The lowest BCUT2D eigenvalue weighted by Gasteiger charge is -2.32. The van der Waals surface area contributed by atoms with E-state index < -0.39 is 23.8 Å². The number of anilines is 2. The molecule has 8 nitrogen and oxygen atoms in total. The zero-order valence-electron chi connectivity index (χ0n) is 20.7. The zero-order chi connectivity index (χ0) is 25.8. The van der Waals surface area contributed by atoms with Crippen molar-refractivity contribution in [1.29, 1.82) is 0 Å². The number of methoxy groups -OCH3 is 3. The minimum Gasteiger partial charge on any atom is -0.497 e. The van der Waals surface area contributed by atoms with E-state index in [0.717, 1.165) is 28.3 Å². The molecule has 0 bridgehead atoms. The van der Waals surface area contributed by atoms with Crippen molar-refractivity contribution in [3.8, 4) is 17.0 Å². The molecule has 1 N–H and O–H groups in total. The topological polar surface area (TPSA) is 99.1 Å². The van der Waals surface area contributed by atoms with Crippen LogP contribution < -0.4 is 10.1 Å². The number of rotatable bonds is 7. The molecule has 3 aromatic rings. The molecule has 0 fully saturated rings. The fourth-order valence-electron chi connectivity index (χ4n) is 4.40. The highest BCUT2D eigenvalue weighted by Gasteiger charge is 2.43. The van der Waals surface area contributed by atoms with Crippen molar-refractivity contribution in [1.82, 2.24) is 4.98 Å². The summed E-state index contributed by atoms with van der Waals surface area (Å²) in [4.78, 5) is 35.0. The van der Waals surface area contributed by atoms with Crippen LogP contribution in [0.15, 0.2) is 70.2 Å². The predicted octanol–water partition coefficient (Wildman–Crippen LogP) is 5.36. The van der Waals surface area contributed by atoms with E-state index >= 15 is 0 Å². The van der Waals surface area contributed by atoms with Gasteiger partial charge in [0.1, 0.15) is 11.7 Å². The minimum absolute atomic E-state index is 0.325. The zero-order valence-corrected chi connectivity index (χ0v) is 21.5. The SMILES string of the molecule is COC(=O)C1=C(C)N=C(C)C(C(=O)OC)C1c1ccccc1Nc1nc(-c2ccc(OC)cc2)cs1. The maximum Gasteiger partial charge on any atom is 0.336 e. The van der Waals surface area contributed by atoms with Crippen LogP contribution in [0.2, 0.25) is 0 Å². The Balaban J connectivity index is 1.74. The molecule has 36 heavy (non-hydrogen) atoms. The molecule has 0 radical (unpaired) electrons. The van der Waals surface area contributed by atoms with Gasteiger partial charge in [0, 0.05) is 34.0 Å². The first kappa shape index (κ1) is 25.1. The highest BCUT2D eigenvalue weighted by molar-refractivity contribution is 7.14. The first-order valence-corrected chi connectivity index (χ1v) is 12.1. The van der Waals surface area contributed by atoms with Crippen LogP contribution in [0, 0.1) is 5.92 Å². The van der Waals surface area contributed by atoms with Gasteiger partial charge in [-0.1, -0.05) is 18.2 Å². The van der Waals surface area contributed by atoms with Crippen molar-refractivity contribution >= 4 is 39.8 Å². The Kier molecular flexibility index (Phi) is 7.49.